The van der Waals surface area contributed by atoms with Crippen molar-refractivity contribution < 1.29 is 9.90 Å². The van der Waals surface area contributed by atoms with Crippen LogP contribution in [0.25, 0.3) is 10.9 Å². The van der Waals surface area contributed by atoms with E-state index < -0.39 is 6.10 Å². The highest BCUT2D eigenvalue weighted by Gasteiger charge is 2.22. The van der Waals surface area contributed by atoms with E-state index in [1.165, 1.54) is 4.57 Å². The summed E-state index contributed by atoms with van der Waals surface area (Å²) in [5.41, 5.74) is 0.395. The van der Waals surface area contributed by atoms with E-state index in [1.54, 1.807) is 25.2 Å². The van der Waals surface area contributed by atoms with Gasteiger partial charge < -0.3 is 15.4 Å². The molecule has 1 aromatic carbocycles. The lowest BCUT2D eigenvalue weighted by molar-refractivity contribution is 0.0587. The zero-order valence-electron chi connectivity index (χ0n) is 13.6. The van der Waals surface area contributed by atoms with Gasteiger partial charge in [0.2, 0.25) is 0 Å². The normalized spacial score (nSPS) is 13.1. The monoisotopic (exact) mass is 335 g/mol. The van der Waals surface area contributed by atoms with E-state index >= 15 is 0 Å². The second-order valence-electron chi connectivity index (χ2n) is 6.65. The number of nitrogens with one attached hydrogen (secondary N) is 2. The first-order valence-electron chi connectivity index (χ1n) is 7.30. The Kier molecular flexibility index (Phi) is 4.72. The zero-order chi connectivity index (χ0) is 17.4. The third-order valence-corrected chi connectivity index (χ3v) is 4.19. The summed E-state index contributed by atoms with van der Waals surface area (Å²) in [4.78, 5) is 27.2. The lowest BCUT2D eigenvalue weighted by atomic mass is 9.89. The average molecular weight is 335 g/mol. The number of aliphatic hydroxyl groups is 1. The lowest BCUT2D eigenvalue weighted by Crippen LogP contribution is -2.39. The van der Waals surface area contributed by atoms with Gasteiger partial charge in [-0.05, 0) is 35.8 Å². The summed E-state index contributed by atoms with van der Waals surface area (Å²) < 4.78 is 1.64. The van der Waals surface area contributed by atoms with Gasteiger partial charge in [-0.2, -0.15) is 0 Å². The van der Waals surface area contributed by atoms with Crippen LogP contribution in [0.3, 0.4) is 0 Å². The number of amides is 1. The van der Waals surface area contributed by atoms with Crippen molar-refractivity contribution in [2.75, 3.05) is 6.54 Å². The van der Waals surface area contributed by atoms with Crippen LogP contribution in [0, 0.1) is 10.2 Å². The summed E-state index contributed by atoms with van der Waals surface area (Å²) in [6.45, 7) is 5.86. The van der Waals surface area contributed by atoms with E-state index in [9.17, 15) is 14.7 Å². The average Bonchev–Trinajstić information content (AvgIpc) is 2.48. The van der Waals surface area contributed by atoms with Crippen LogP contribution < -0.4 is 10.9 Å². The van der Waals surface area contributed by atoms with E-state index in [0.717, 1.165) is 0 Å². The molecule has 2 rings (SSSR count). The molecule has 1 amide bonds. The smallest absolute Gasteiger partial charge is 0.261 e. The summed E-state index contributed by atoms with van der Waals surface area (Å²) in [5, 5.41) is 13.1. The highest BCUT2D eigenvalue weighted by molar-refractivity contribution is 7.71. The van der Waals surface area contributed by atoms with Gasteiger partial charge in [0.25, 0.3) is 11.5 Å². The Hall–Kier alpha value is -1.99. The number of aromatic nitrogens is 2. The summed E-state index contributed by atoms with van der Waals surface area (Å²) >= 11 is 5.08. The number of benzene rings is 1. The fourth-order valence-corrected chi connectivity index (χ4v) is 2.24. The molecule has 2 aromatic rings. The SMILES string of the molecule is Cn1c(=S)[nH]c2cc(C(=O)NCC(O)C(C)(C)C)ccc2c1=O. The Morgan fingerprint density at radius 2 is 2.09 bits per heavy atom. The van der Waals surface area contributed by atoms with E-state index in [2.05, 4.69) is 10.3 Å². The van der Waals surface area contributed by atoms with Crippen LogP contribution in [-0.4, -0.2) is 33.2 Å². The second kappa shape index (κ2) is 6.25. The molecule has 0 fully saturated rings. The number of rotatable bonds is 3. The van der Waals surface area contributed by atoms with E-state index in [-0.39, 0.29) is 23.4 Å². The van der Waals surface area contributed by atoms with Crippen LogP contribution in [-0.2, 0) is 7.05 Å². The molecule has 1 unspecified atom stereocenters. The van der Waals surface area contributed by atoms with Gasteiger partial charge >= 0.3 is 0 Å². The third kappa shape index (κ3) is 3.68. The van der Waals surface area contributed by atoms with Gasteiger partial charge in [0, 0.05) is 19.2 Å². The van der Waals surface area contributed by atoms with Gasteiger partial charge in [-0.15, -0.1) is 0 Å². The molecule has 0 saturated carbocycles. The Morgan fingerprint density at radius 3 is 2.70 bits per heavy atom. The molecular formula is C16H21N3O3S. The number of hydrogen-bond donors (Lipinski definition) is 3. The molecule has 0 saturated heterocycles. The van der Waals surface area contributed by atoms with E-state index in [0.29, 0.717) is 21.2 Å². The molecule has 7 heteroatoms. The number of H-pyrrole nitrogens is 1. The molecule has 0 aliphatic heterocycles. The molecule has 6 nitrogen and oxygen atoms in total. The summed E-state index contributed by atoms with van der Waals surface area (Å²) in [6.07, 6.45) is -0.648. The van der Waals surface area contributed by atoms with Crippen molar-refractivity contribution in [2.45, 2.75) is 26.9 Å². The van der Waals surface area contributed by atoms with Crippen LogP contribution in [0.4, 0.5) is 0 Å². The first kappa shape index (κ1) is 17.4. The van der Waals surface area contributed by atoms with Crippen LogP contribution in [0.1, 0.15) is 31.1 Å². The molecule has 23 heavy (non-hydrogen) atoms. The quantitative estimate of drug-likeness (QED) is 0.746. The minimum Gasteiger partial charge on any atom is -0.391 e. The molecule has 0 radical (unpaired) electrons. The molecule has 1 heterocycles. The van der Waals surface area contributed by atoms with Gasteiger partial charge in [0.1, 0.15) is 0 Å². The van der Waals surface area contributed by atoms with E-state index in [1.807, 2.05) is 20.8 Å². The first-order chi connectivity index (χ1) is 10.6. The van der Waals surface area contributed by atoms with Crippen molar-refractivity contribution >= 4 is 29.0 Å². The predicted molar refractivity (Wildman–Crippen MR) is 92.2 cm³/mol. The van der Waals surface area contributed by atoms with Crippen LogP contribution in [0.5, 0.6) is 0 Å². The maximum Gasteiger partial charge on any atom is 0.261 e. The highest BCUT2D eigenvalue weighted by Crippen LogP contribution is 2.18. The number of hydrogen-bond acceptors (Lipinski definition) is 4. The number of aliphatic hydroxyl groups excluding tert-OH is 1. The zero-order valence-corrected chi connectivity index (χ0v) is 14.5. The third-order valence-electron chi connectivity index (χ3n) is 3.82. The molecule has 0 aliphatic rings. The minimum atomic E-state index is -0.648. The van der Waals surface area contributed by atoms with Crippen molar-refractivity contribution in [1.82, 2.24) is 14.9 Å². The van der Waals surface area contributed by atoms with Crippen molar-refractivity contribution in [3.8, 4) is 0 Å². The van der Waals surface area contributed by atoms with Gasteiger partial charge in [0.15, 0.2) is 4.77 Å². The number of fused-ring (bicyclic) bond motifs is 1. The summed E-state index contributed by atoms with van der Waals surface area (Å²) in [5.74, 6) is -0.310. The molecule has 0 bridgehead atoms. The highest BCUT2D eigenvalue weighted by atomic mass is 32.1. The van der Waals surface area contributed by atoms with Gasteiger partial charge in [-0.1, -0.05) is 20.8 Å². The second-order valence-corrected chi connectivity index (χ2v) is 7.03. The number of aromatic amines is 1. The Bertz CT molecular complexity index is 861. The molecule has 124 valence electrons. The van der Waals surface area contributed by atoms with Crippen LogP contribution >= 0.6 is 12.2 Å². The number of carbonyl (C=O) groups is 1. The maximum absolute atomic E-state index is 12.2. The molecule has 0 aliphatic carbocycles. The Balaban J connectivity index is 2.27. The maximum atomic E-state index is 12.2. The van der Waals surface area contributed by atoms with Crippen LogP contribution in [0.2, 0.25) is 0 Å². The van der Waals surface area contributed by atoms with Crippen LogP contribution in [0.15, 0.2) is 23.0 Å². The summed E-state index contributed by atoms with van der Waals surface area (Å²) in [6, 6.07) is 4.77. The van der Waals surface area contributed by atoms with Crippen molar-refractivity contribution in [1.29, 1.82) is 0 Å². The van der Waals surface area contributed by atoms with Crippen molar-refractivity contribution in [2.24, 2.45) is 12.5 Å². The molecule has 1 aromatic heterocycles. The molecular weight excluding hydrogens is 314 g/mol. The van der Waals surface area contributed by atoms with Crippen molar-refractivity contribution in [3.63, 3.8) is 0 Å². The van der Waals surface area contributed by atoms with Crippen molar-refractivity contribution in [3.05, 3.63) is 38.9 Å². The largest absolute Gasteiger partial charge is 0.391 e. The molecule has 0 spiro atoms. The fourth-order valence-electron chi connectivity index (χ4n) is 2.04. The molecule has 1 atom stereocenters. The first-order valence-corrected chi connectivity index (χ1v) is 7.71. The molecule has 3 N–H and O–H groups in total. The van der Waals surface area contributed by atoms with Gasteiger partial charge in [0.05, 0.1) is 17.0 Å². The lowest BCUT2D eigenvalue weighted by Gasteiger charge is -2.25. The topological polar surface area (TPSA) is 87.1 Å². The summed E-state index contributed by atoms with van der Waals surface area (Å²) in [7, 11) is 1.59. The minimum absolute atomic E-state index is 0.160. The van der Waals surface area contributed by atoms with Gasteiger partial charge in [-0.3, -0.25) is 14.2 Å². The van der Waals surface area contributed by atoms with E-state index in [4.69, 9.17) is 12.2 Å². The number of carbonyl (C=O) groups excluding carboxylic acids is 1. The predicted octanol–water partition coefficient (Wildman–Crippen LogP) is 1.73. The Morgan fingerprint density at radius 1 is 1.43 bits per heavy atom. The van der Waals surface area contributed by atoms with Gasteiger partial charge in [-0.25, -0.2) is 0 Å². The Labute approximate surface area is 139 Å². The fraction of sp³-hybridized carbons (Fsp3) is 0.438. The number of nitrogens with zero attached hydrogens (tertiary/aromatic N) is 1. The standard InChI is InChI=1S/C16H21N3O3S/c1-16(2,3)12(20)8-17-13(21)9-5-6-10-11(7-9)18-15(23)19(4)14(10)22/h5-7,12,20H,8H2,1-4H3,(H,17,21)(H,18,23).